The van der Waals surface area contributed by atoms with Gasteiger partial charge in [-0.2, -0.15) is 0 Å². The van der Waals surface area contributed by atoms with E-state index in [0.29, 0.717) is 6.10 Å². The lowest BCUT2D eigenvalue weighted by Crippen LogP contribution is -2.49. The summed E-state index contributed by atoms with van der Waals surface area (Å²) < 4.78 is 5.89. The van der Waals surface area contributed by atoms with Crippen molar-refractivity contribution in [1.29, 1.82) is 0 Å². The molecule has 2 atom stereocenters. The predicted molar refractivity (Wildman–Crippen MR) is 74.8 cm³/mol. The minimum atomic E-state index is 0.428. The van der Waals surface area contributed by atoms with E-state index in [2.05, 4.69) is 32.7 Å². The lowest BCUT2D eigenvalue weighted by Gasteiger charge is -2.38. The zero-order chi connectivity index (χ0) is 12.1. The molecule has 0 amide bonds. The largest absolute Gasteiger partial charge is 0.374 e. The molecule has 2 saturated heterocycles. The number of halogens is 1. The maximum absolute atomic E-state index is 5.89. The summed E-state index contributed by atoms with van der Waals surface area (Å²) in [5.74, 6) is 0.842. The zero-order valence-electron chi connectivity index (χ0n) is 10.9. The number of rotatable bonds is 4. The molecule has 0 bridgehead atoms. The van der Waals surface area contributed by atoms with E-state index in [-0.39, 0.29) is 0 Å². The van der Waals surface area contributed by atoms with Crippen LogP contribution < -0.4 is 0 Å². The van der Waals surface area contributed by atoms with E-state index >= 15 is 0 Å². The van der Waals surface area contributed by atoms with Gasteiger partial charge < -0.3 is 9.64 Å². The van der Waals surface area contributed by atoms with Crippen molar-refractivity contribution in [2.45, 2.75) is 25.9 Å². The quantitative estimate of drug-likeness (QED) is 0.737. The Morgan fingerprint density at radius 2 is 2.12 bits per heavy atom. The lowest BCUT2D eigenvalue weighted by atomic mass is 10.00. The highest BCUT2D eigenvalue weighted by molar-refractivity contribution is 9.09. The van der Waals surface area contributed by atoms with Gasteiger partial charge in [-0.25, -0.2) is 0 Å². The first kappa shape index (κ1) is 13.8. The van der Waals surface area contributed by atoms with Crippen LogP contribution in [-0.2, 0) is 4.74 Å². The number of hydrogen-bond donors (Lipinski definition) is 0. The molecule has 0 radical (unpaired) electrons. The molecule has 100 valence electrons. The molecule has 0 saturated carbocycles. The second-order valence-electron chi connectivity index (χ2n) is 5.31. The second-order valence-corrected chi connectivity index (χ2v) is 5.96. The molecule has 2 rings (SSSR count). The number of morpholine rings is 1. The van der Waals surface area contributed by atoms with Crippen molar-refractivity contribution in [3.63, 3.8) is 0 Å². The number of alkyl halides is 1. The third-order valence-corrected chi connectivity index (χ3v) is 4.87. The molecule has 17 heavy (non-hydrogen) atoms. The van der Waals surface area contributed by atoms with Crippen LogP contribution in [0.15, 0.2) is 0 Å². The van der Waals surface area contributed by atoms with Crippen LogP contribution in [0.2, 0.25) is 0 Å². The first-order valence-electron chi connectivity index (χ1n) is 6.94. The Balaban J connectivity index is 1.75. The molecule has 2 unspecified atom stereocenters. The van der Waals surface area contributed by atoms with Crippen molar-refractivity contribution < 1.29 is 4.74 Å². The molecule has 2 heterocycles. The van der Waals surface area contributed by atoms with Crippen LogP contribution in [0.5, 0.6) is 0 Å². The Labute approximate surface area is 114 Å². The summed E-state index contributed by atoms with van der Waals surface area (Å²) in [4.78, 5) is 5.10. The molecule has 0 aromatic carbocycles. The van der Waals surface area contributed by atoms with E-state index in [4.69, 9.17) is 4.74 Å². The van der Waals surface area contributed by atoms with Gasteiger partial charge in [-0.3, -0.25) is 4.90 Å². The Kier molecular flexibility index (Phi) is 5.74. The van der Waals surface area contributed by atoms with Crippen molar-refractivity contribution in [3.05, 3.63) is 0 Å². The fourth-order valence-corrected chi connectivity index (χ4v) is 3.44. The van der Waals surface area contributed by atoms with Gasteiger partial charge in [0.05, 0.1) is 12.7 Å². The molecule has 0 spiro atoms. The lowest BCUT2D eigenvalue weighted by molar-refractivity contribution is -0.0456. The maximum atomic E-state index is 5.89. The molecule has 3 nitrogen and oxygen atoms in total. The normalized spacial score (nSPS) is 32.8. The van der Waals surface area contributed by atoms with E-state index < -0.39 is 0 Å². The number of ether oxygens (including phenoxy) is 1. The smallest absolute Gasteiger partial charge is 0.0829 e. The summed E-state index contributed by atoms with van der Waals surface area (Å²) in [7, 11) is 0. The summed E-state index contributed by atoms with van der Waals surface area (Å²) >= 11 is 3.62. The summed E-state index contributed by atoms with van der Waals surface area (Å²) in [6.45, 7) is 10.2. The standard InChI is InChI=1S/C13H25BrN2O/c1-2-15-6-7-17-13(10-15)11-16-5-3-4-12(8-14)9-16/h12-13H,2-11H2,1H3. The highest BCUT2D eigenvalue weighted by atomic mass is 79.9. The average Bonchev–Trinajstić information content (AvgIpc) is 2.39. The number of likely N-dealkylation sites (tertiary alicyclic amines) is 1. The van der Waals surface area contributed by atoms with Crippen LogP contribution in [0.4, 0.5) is 0 Å². The third-order valence-electron chi connectivity index (χ3n) is 3.95. The van der Waals surface area contributed by atoms with E-state index in [0.717, 1.165) is 44.0 Å². The minimum absolute atomic E-state index is 0.428. The Hall–Kier alpha value is 0.360. The highest BCUT2D eigenvalue weighted by Crippen LogP contribution is 2.19. The van der Waals surface area contributed by atoms with Gasteiger partial charge in [0.1, 0.15) is 0 Å². The molecular weight excluding hydrogens is 280 g/mol. The van der Waals surface area contributed by atoms with Crippen molar-refractivity contribution >= 4 is 15.9 Å². The van der Waals surface area contributed by atoms with Gasteiger partial charge in [0, 0.05) is 31.5 Å². The number of piperidine rings is 1. The second kappa shape index (κ2) is 7.07. The van der Waals surface area contributed by atoms with Gasteiger partial charge >= 0.3 is 0 Å². The maximum Gasteiger partial charge on any atom is 0.0829 e. The van der Waals surface area contributed by atoms with Crippen LogP contribution in [0.25, 0.3) is 0 Å². The van der Waals surface area contributed by atoms with Crippen molar-refractivity contribution in [1.82, 2.24) is 9.80 Å². The first-order valence-corrected chi connectivity index (χ1v) is 8.06. The van der Waals surface area contributed by atoms with E-state index in [1.54, 1.807) is 0 Å². The monoisotopic (exact) mass is 304 g/mol. The zero-order valence-corrected chi connectivity index (χ0v) is 12.5. The van der Waals surface area contributed by atoms with Gasteiger partial charge in [-0.05, 0) is 31.8 Å². The summed E-state index contributed by atoms with van der Waals surface area (Å²) in [6, 6.07) is 0. The van der Waals surface area contributed by atoms with Gasteiger partial charge in [0.2, 0.25) is 0 Å². The molecule has 0 aliphatic carbocycles. The topological polar surface area (TPSA) is 15.7 Å². The molecule has 0 N–H and O–H groups in total. The van der Waals surface area contributed by atoms with Crippen molar-refractivity contribution in [2.24, 2.45) is 5.92 Å². The van der Waals surface area contributed by atoms with E-state index in [9.17, 15) is 0 Å². The van der Waals surface area contributed by atoms with Crippen LogP contribution in [0.3, 0.4) is 0 Å². The van der Waals surface area contributed by atoms with E-state index in [1.807, 2.05) is 0 Å². The van der Waals surface area contributed by atoms with Gasteiger partial charge in [-0.1, -0.05) is 22.9 Å². The fraction of sp³-hybridized carbons (Fsp3) is 1.00. The molecule has 2 fully saturated rings. The molecular formula is C13H25BrN2O. The number of nitrogens with zero attached hydrogens (tertiary/aromatic N) is 2. The van der Waals surface area contributed by atoms with E-state index in [1.165, 1.54) is 25.9 Å². The van der Waals surface area contributed by atoms with Gasteiger partial charge in [-0.15, -0.1) is 0 Å². The van der Waals surface area contributed by atoms with Crippen LogP contribution in [-0.4, -0.2) is 67.1 Å². The van der Waals surface area contributed by atoms with Gasteiger partial charge in [0.15, 0.2) is 0 Å². The third kappa shape index (κ3) is 4.19. The van der Waals surface area contributed by atoms with Crippen LogP contribution in [0.1, 0.15) is 19.8 Å². The first-order chi connectivity index (χ1) is 8.31. The molecule has 2 aliphatic heterocycles. The molecule has 0 aromatic rings. The summed E-state index contributed by atoms with van der Waals surface area (Å²) in [5.41, 5.74) is 0. The predicted octanol–water partition coefficient (Wildman–Crippen LogP) is 1.81. The Morgan fingerprint density at radius 1 is 1.24 bits per heavy atom. The molecule has 2 aliphatic rings. The Bertz CT molecular complexity index is 205. The number of hydrogen-bond acceptors (Lipinski definition) is 3. The van der Waals surface area contributed by atoms with Crippen molar-refractivity contribution in [2.75, 3.05) is 51.2 Å². The number of likely N-dealkylation sites (N-methyl/N-ethyl adjacent to an activating group) is 1. The van der Waals surface area contributed by atoms with Gasteiger partial charge in [0.25, 0.3) is 0 Å². The molecule has 4 heteroatoms. The highest BCUT2D eigenvalue weighted by Gasteiger charge is 2.25. The summed E-state index contributed by atoms with van der Waals surface area (Å²) in [5, 5.41) is 1.15. The SMILES string of the molecule is CCN1CCOC(CN2CCCC(CBr)C2)C1. The van der Waals surface area contributed by atoms with Crippen molar-refractivity contribution in [3.8, 4) is 0 Å². The van der Waals surface area contributed by atoms with Crippen LogP contribution in [0, 0.1) is 5.92 Å². The molecule has 0 aromatic heterocycles. The van der Waals surface area contributed by atoms with Crippen LogP contribution >= 0.6 is 15.9 Å². The average molecular weight is 305 g/mol. The minimum Gasteiger partial charge on any atom is -0.374 e. The summed E-state index contributed by atoms with van der Waals surface area (Å²) in [6.07, 6.45) is 3.16. The fourth-order valence-electron chi connectivity index (χ4n) is 2.91. The Morgan fingerprint density at radius 3 is 2.88 bits per heavy atom.